The van der Waals surface area contributed by atoms with Crippen molar-refractivity contribution >= 4 is 5.91 Å². The molecule has 1 heterocycles. The first-order valence-electron chi connectivity index (χ1n) is 26.2. The second kappa shape index (κ2) is 42.0. The van der Waals surface area contributed by atoms with Gasteiger partial charge < -0.3 is 50.5 Å². The molecule has 11 nitrogen and oxygen atoms in total. The molecule has 8 N–H and O–H groups in total. The minimum atomic E-state index is -1.67. The first kappa shape index (κ1) is 59.6. The summed E-state index contributed by atoms with van der Waals surface area (Å²) < 4.78 is 11.1. The van der Waals surface area contributed by atoms with Gasteiger partial charge in [0.1, 0.15) is 36.6 Å². The van der Waals surface area contributed by atoms with E-state index in [-0.39, 0.29) is 12.8 Å². The molecule has 1 amide bonds. The van der Waals surface area contributed by atoms with Crippen molar-refractivity contribution < 1.29 is 50.0 Å². The van der Waals surface area contributed by atoms with E-state index in [0.717, 1.165) is 38.5 Å². The summed E-state index contributed by atoms with van der Waals surface area (Å²) in [7, 11) is 0. The molecule has 9 unspecified atom stereocenters. The highest BCUT2D eigenvalue weighted by molar-refractivity contribution is 5.80. The molecule has 1 aliphatic heterocycles. The van der Waals surface area contributed by atoms with Crippen LogP contribution in [0.4, 0.5) is 0 Å². The third kappa shape index (κ3) is 31.2. The Labute approximate surface area is 384 Å². The fraction of sp³-hybridized carbons (Fsp3) is 0.904. The number of hydrogen-bond acceptors (Lipinski definition) is 10. The molecule has 372 valence electrons. The molecule has 1 rings (SSSR count). The maximum atomic E-state index is 13.1. The summed E-state index contributed by atoms with van der Waals surface area (Å²) in [5.41, 5.74) is 0. The summed E-state index contributed by atoms with van der Waals surface area (Å²) in [6.07, 6.45) is 36.9. The van der Waals surface area contributed by atoms with Crippen LogP contribution >= 0.6 is 0 Å². The van der Waals surface area contributed by atoms with Gasteiger partial charge in [-0.25, -0.2) is 0 Å². The number of allylic oxidation sites excluding steroid dienone is 4. The van der Waals surface area contributed by atoms with Gasteiger partial charge in [-0.05, 0) is 64.2 Å². The maximum absolute atomic E-state index is 13.1. The SMILES string of the molecule is CCCCCCC/C=C/CCCC(O)C(O)C(COC1OC(CO)C(O)C(O)C1O)NC(=O)C(O)CCCCCCCCCCCC/C=C\CCCCCCCCCCCCCC. The average molecular weight is 898 g/mol. The summed E-state index contributed by atoms with van der Waals surface area (Å²) in [5, 5.41) is 75.6. The van der Waals surface area contributed by atoms with E-state index in [1.165, 1.54) is 154 Å². The lowest BCUT2D eigenvalue weighted by Crippen LogP contribution is -2.60. The number of aliphatic hydroxyl groups excluding tert-OH is 7. The molecular formula is C52H99NO10. The summed E-state index contributed by atoms with van der Waals surface area (Å²) in [5.74, 6) is -0.708. The number of carbonyl (C=O) groups excluding carboxylic acids is 1. The highest BCUT2D eigenvalue weighted by Gasteiger charge is 2.44. The zero-order valence-electron chi connectivity index (χ0n) is 40.3. The number of rotatable bonds is 44. The molecule has 1 aliphatic rings. The van der Waals surface area contributed by atoms with E-state index in [1.807, 2.05) is 0 Å². The molecule has 0 aromatic heterocycles. The van der Waals surface area contributed by atoms with Crippen LogP contribution in [-0.4, -0.2) is 110 Å². The normalized spacial score (nSPS) is 21.3. The summed E-state index contributed by atoms with van der Waals surface area (Å²) >= 11 is 0. The van der Waals surface area contributed by atoms with E-state index >= 15 is 0 Å². The first-order chi connectivity index (χ1) is 30.7. The molecule has 0 spiro atoms. The van der Waals surface area contributed by atoms with Gasteiger partial charge in [0.25, 0.3) is 0 Å². The fourth-order valence-corrected chi connectivity index (χ4v) is 8.38. The van der Waals surface area contributed by atoms with Crippen LogP contribution in [0, 0.1) is 0 Å². The predicted molar refractivity (Wildman–Crippen MR) is 256 cm³/mol. The van der Waals surface area contributed by atoms with Crippen molar-refractivity contribution in [1.82, 2.24) is 5.32 Å². The smallest absolute Gasteiger partial charge is 0.249 e. The number of ether oxygens (including phenoxy) is 2. The van der Waals surface area contributed by atoms with E-state index < -0.39 is 74.2 Å². The minimum absolute atomic E-state index is 0.253. The first-order valence-corrected chi connectivity index (χ1v) is 26.2. The maximum Gasteiger partial charge on any atom is 0.249 e. The zero-order valence-corrected chi connectivity index (χ0v) is 40.3. The van der Waals surface area contributed by atoms with E-state index in [2.05, 4.69) is 43.5 Å². The predicted octanol–water partition coefficient (Wildman–Crippen LogP) is 9.79. The Kier molecular flexibility index (Phi) is 39.7. The number of aliphatic hydroxyl groups is 7. The van der Waals surface area contributed by atoms with Gasteiger partial charge in [0.2, 0.25) is 5.91 Å². The van der Waals surface area contributed by atoms with Crippen molar-refractivity contribution in [3.05, 3.63) is 24.3 Å². The van der Waals surface area contributed by atoms with Gasteiger partial charge >= 0.3 is 0 Å². The molecule has 63 heavy (non-hydrogen) atoms. The number of unbranched alkanes of at least 4 members (excludes halogenated alkanes) is 28. The molecule has 1 saturated heterocycles. The van der Waals surface area contributed by atoms with Crippen LogP contribution in [0.5, 0.6) is 0 Å². The Morgan fingerprint density at radius 1 is 0.540 bits per heavy atom. The number of nitrogens with one attached hydrogen (secondary N) is 1. The lowest BCUT2D eigenvalue weighted by Gasteiger charge is -2.40. The molecular weight excluding hydrogens is 799 g/mol. The van der Waals surface area contributed by atoms with Crippen molar-refractivity contribution in [2.45, 2.75) is 287 Å². The zero-order chi connectivity index (χ0) is 46.2. The standard InChI is InChI=1S/C52H99NO10/c1-3-5-7-9-11-13-15-16-17-18-19-20-21-22-23-24-25-26-27-28-29-30-32-34-36-38-40-45(56)51(61)53-43(42-62-52-50(60)49(59)48(58)46(41-54)63-52)47(57)44(55)39-37-35-33-31-14-12-10-8-6-4-2/h22-23,31,33,43-50,52,54-60H,3-21,24-30,32,34-42H2,1-2H3,(H,53,61)/b23-22-,33-31+. The second-order valence-electron chi connectivity index (χ2n) is 18.6. The lowest BCUT2D eigenvalue weighted by atomic mass is 9.98. The monoisotopic (exact) mass is 898 g/mol. The number of hydrogen-bond donors (Lipinski definition) is 8. The minimum Gasteiger partial charge on any atom is -0.394 e. The van der Waals surface area contributed by atoms with Gasteiger partial charge in [0, 0.05) is 0 Å². The Morgan fingerprint density at radius 2 is 0.937 bits per heavy atom. The summed E-state index contributed by atoms with van der Waals surface area (Å²) in [6.45, 7) is 3.40. The Balaban J connectivity index is 2.28. The topological polar surface area (TPSA) is 189 Å². The highest BCUT2D eigenvalue weighted by Crippen LogP contribution is 2.23. The van der Waals surface area contributed by atoms with Crippen LogP contribution in [0.15, 0.2) is 24.3 Å². The van der Waals surface area contributed by atoms with E-state index in [1.54, 1.807) is 0 Å². The van der Waals surface area contributed by atoms with Crippen LogP contribution in [0.3, 0.4) is 0 Å². The third-order valence-electron chi connectivity index (χ3n) is 12.7. The van der Waals surface area contributed by atoms with Gasteiger partial charge in [-0.15, -0.1) is 0 Å². The Morgan fingerprint density at radius 3 is 1.37 bits per heavy atom. The molecule has 0 aromatic carbocycles. The van der Waals surface area contributed by atoms with Crippen LogP contribution in [0.1, 0.15) is 232 Å². The van der Waals surface area contributed by atoms with Crippen molar-refractivity contribution in [1.29, 1.82) is 0 Å². The van der Waals surface area contributed by atoms with Crippen molar-refractivity contribution in [3.63, 3.8) is 0 Å². The Bertz CT molecular complexity index is 1080. The molecule has 9 atom stereocenters. The van der Waals surface area contributed by atoms with Crippen molar-refractivity contribution in [2.24, 2.45) is 0 Å². The second-order valence-corrected chi connectivity index (χ2v) is 18.6. The molecule has 0 saturated carbocycles. The van der Waals surface area contributed by atoms with Gasteiger partial charge in [-0.2, -0.15) is 0 Å². The highest BCUT2D eigenvalue weighted by atomic mass is 16.7. The van der Waals surface area contributed by atoms with Crippen LogP contribution in [0.2, 0.25) is 0 Å². The lowest BCUT2D eigenvalue weighted by molar-refractivity contribution is -0.303. The summed E-state index contributed by atoms with van der Waals surface area (Å²) in [6, 6.07) is -1.18. The van der Waals surface area contributed by atoms with E-state index in [9.17, 15) is 40.5 Å². The third-order valence-corrected chi connectivity index (χ3v) is 12.7. The molecule has 0 radical (unpaired) electrons. The number of amides is 1. The van der Waals surface area contributed by atoms with Gasteiger partial charge in [0.05, 0.1) is 25.4 Å². The molecule has 0 aromatic rings. The van der Waals surface area contributed by atoms with Crippen LogP contribution in [-0.2, 0) is 14.3 Å². The molecule has 0 bridgehead atoms. The van der Waals surface area contributed by atoms with Crippen LogP contribution in [0.25, 0.3) is 0 Å². The largest absolute Gasteiger partial charge is 0.394 e. The Hall–Kier alpha value is -1.41. The quantitative estimate of drug-likeness (QED) is 0.0216. The molecule has 1 fully saturated rings. The molecule has 11 heteroatoms. The van der Waals surface area contributed by atoms with E-state index in [4.69, 9.17) is 9.47 Å². The van der Waals surface area contributed by atoms with E-state index in [0.29, 0.717) is 12.8 Å². The molecule has 0 aliphatic carbocycles. The van der Waals surface area contributed by atoms with Gasteiger partial charge in [0.15, 0.2) is 6.29 Å². The summed E-state index contributed by atoms with van der Waals surface area (Å²) in [4.78, 5) is 13.1. The number of carbonyl (C=O) groups is 1. The van der Waals surface area contributed by atoms with Gasteiger partial charge in [-0.3, -0.25) is 4.79 Å². The van der Waals surface area contributed by atoms with Gasteiger partial charge in [-0.1, -0.05) is 192 Å². The van der Waals surface area contributed by atoms with Crippen LogP contribution < -0.4 is 5.32 Å². The van der Waals surface area contributed by atoms with Crippen molar-refractivity contribution in [2.75, 3.05) is 13.2 Å². The van der Waals surface area contributed by atoms with Crippen molar-refractivity contribution in [3.8, 4) is 0 Å². The fourth-order valence-electron chi connectivity index (χ4n) is 8.38. The average Bonchev–Trinajstić information content (AvgIpc) is 3.28.